The molecule has 0 saturated carbocycles. The number of nitrogens with two attached hydrogens (primary N) is 1. The molecule has 8 nitrogen and oxygen atoms in total. The first-order valence-corrected chi connectivity index (χ1v) is 8.07. The number of amides is 3. The number of nitrogens with one attached hydrogen (secondary N) is 1. The number of nitrogens with zero attached hydrogens (tertiary/aromatic N) is 4. The molecule has 1 aliphatic heterocycles. The Kier molecular flexibility index (Phi) is 4.38. The zero-order valence-corrected chi connectivity index (χ0v) is 13.6. The van der Waals surface area contributed by atoms with E-state index in [1.54, 1.807) is 19.1 Å². The molecule has 3 amide bonds. The van der Waals surface area contributed by atoms with Gasteiger partial charge in [-0.2, -0.15) is 0 Å². The van der Waals surface area contributed by atoms with Gasteiger partial charge in [-0.25, -0.2) is 13.9 Å². The van der Waals surface area contributed by atoms with Crippen molar-refractivity contribution in [2.24, 2.45) is 0 Å². The third-order valence-electron chi connectivity index (χ3n) is 3.50. The molecule has 0 unspecified atom stereocenters. The molecular weight excluding hydrogens is 335 g/mol. The number of hydrogen-bond donors (Lipinski definition) is 2. The predicted octanol–water partition coefficient (Wildman–Crippen LogP) is 0.830. The first-order valence-electron chi connectivity index (χ1n) is 7.19. The van der Waals surface area contributed by atoms with Crippen LogP contribution in [0.2, 0.25) is 0 Å². The number of thioether (sulfide) groups is 1. The van der Waals surface area contributed by atoms with Crippen molar-refractivity contribution in [1.29, 1.82) is 0 Å². The molecule has 24 heavy (non-hydrogen) atoms. The number of imide groups is 1. The van der Waals surface area contributed by atoms with Gasteiger partial charge in [0.2, 0.25) is 11.1 Å². The van der Waals surface area contributed by atoms with Crippen LogP contribution in [0.5, 0.6) is 0 Å². The number of benzene rings is 1. The fourth-order valence-corrected chi connectivity index (χ4v) is 3.12. The van der Waals surface area contributed by atoms with E-state index in [0.29, 0.717) is 23.8 Å². The number of carbonyl (C=O) groups excluding carboxylic acids is 2. The van der Waals surface area contributed by atoms with E-state index in [1.807, 2.05) is 0 Å². The quantitative estimate of drug-likeness (QED) is 0.625. The number of nitrogen functional groups attached to an aromatic ring is 1. The van der Waals surface area contributed by atoms with Gasteiger partial charge >= 0.3 is 6.03 Å². The summed E-state index contributed by atoms with van der Waals surface area (Å²) in [6, 6.07) is 5.42. The van der Waals surface area contributed by atoms with E-state index >= 15 is 0 Å². The van der Waals surface area contributed by atoms with Crippen LogP contribution in [-0.4, -0.2) is 50.1 Å². The van der Waals surface area contributed by atoms with Crippen LogP contribution < -0.4 is 11.2 Å². The smallest absolute Gasteiger partial charge is 0.324 e. The highest BCUT2D eigenvalue weighted by molar-refractivity contribution is 8.00. The first-order chi connectivity index (χ1) is 11.5. The molecule has 10 heteroatoms. The third kappa shape index (κ3) is 3.04. The van der Waals surface area contributed by atoms with Crippen LogP contribution in [0, 0.1) is 5.82 Å². The number of hydrogen-bond acceptors (Lipinski definition) is 6. The maximum atomic E-state index is 13.3. The zero-order valence-electron chi connectivity index (χ0n) is 12.8. The van der Waals surface area contributed by atoms with Gasteiger partial charge in [-0.05, 0) is 19.1 Å². The highest BCUT2D eigenvalue weighted by atomic mass is 32.2. The summed E-state index contributed by atoms with van der Waals surface area (Å²) in [5.41, 5.74) is 0.481. The molecule has 1 aromatic carbocycles. The van der Waals surface area contributed by atoms with Gasteiger partial charge in [-0.3, -0.25) is 9.69 Å². The first kappa shape index (κ1) is 16.2. The summed E-state index contributed by atoms with van der Waals surface area (Å²) in [6.45, 7) is 2.44. The molecule has 2 heterocycles. The summed E-state index contributed by atoms with van der Waals surface area (Å²) in [7, 11) is 0. The van der Waals surface area contributed by atoms with Crippen LogP contribution in [0.15, 0.2) is 29.4 Å². The molecule has 0 bridgehead atoms. The second-order valence-electron chi connectivity index (χ2n) is 5.17. The maximum Gasteiger partial charge on any atom is 0.324 e. The van der Waals surface area contributed by atoms with E-state index in [2.05, 4.69) is 15.5 Å². The molecule has 2 aromatic rings. The lowest BCUT2D eigenvalue weighted by Gasteiger charge is -2.16. The zero-order chi connectivity index (χ0) is 17.3. The fraction of sp³-hybridized carbons (Fsp3) is 0.286. The summed E-state index contributed by atoms with van der Waals surface area (Å²) < 4.78 is 14.5. The molecule has 3 N–H and O–H groups in total. The lowest BCUT2D eigenvalue weighted by atomic mass is 10.2. The molecule has 1 atom stereocenters. The minimum Gasteiger partial charge on any atom is -0.336 e. The van der Waals surface area contributed by atoms with E-state index in [9.17, 15) is 14.0 Å². The van der Waals surface area contributed by atoms with Crippen LogP contribution in [0.3, 0.4) is 0 Å². The van der Waals surface area contributed by atoms with Gasteiger partial charge < -0.3 is 11.2 Å². The highest BCUT2D eigenvalue weighted by Gasteiger charge is 2.31. The Morgan fingerprint density at radius 2 is 2.25 bits per heavy atom. The minimum absolute atomic E-state index is 0.288. The maximum absolute atomic E-state index is 13.3. The Labute approximate surface area is 141 Å². The van der Waals surface area contributed by atoms with E-state index in [0.717, 1.165) is 16.7 Å². The molecule has 1 aliphatic rings. The van der Waals surface area contributed by atoms with Crippen LogP contribution in [-0.2, 0) is 4.79 Å². The molecule has 1 fully saturated rings. The number of halogens is 1. The second kappa shape index (κ2) is 6.48. The highest BCUT2D eigenvalue weighted by Crippen LogP contribution is 2.26. The molecule has 126 valence electrons. The Balaban J connectivity index is 1.76. The minimum atomic E-state index is -0.569. The molecule has 0 spiro atoms. The van der Waals surface area contributed by atoms with Gasteiger partial charge in [0.25, 0.3) is 0 Å². The van der Waals surface area contributed by atoms with Crippen molar-refractivity contribution in [3.63, 3.8) is 0 Å². The lowest BCUT2D eigenvalue weighted by Crippen LogP contribution is -2.39. The Morgan fingerprint density at radius 3 is 2.92 bits per heavy atom. The number of rotatable bonds is 4. The molecule has 0 aliphatic carbocycles. The van der Waals surface area contributed by atoms with Crippen LogP contribution >= 0.6 is 11.8 Å². The summed E-state index contributed by atoms with van der Waals surface area (Å²) in [5.74, 6) is 5.51. The van der Waals surface area contributed by atoms with Gasteiger partial charge in [0, 0.05) is 18.7 Å². The normalized spacial score (nSPS) is 15.4. The van der Waals surface area contributed by atoms with E-state index < -0.39 is 17.1 Å². The van der Waals surface area contributed by atoms with E-state index in [-0.39, 0.29) is 11.7 Å². The van der Waals surface area contributed by atoms with E-state index in [1.165, 1.54) is 16.8 Å². The van der Waals surface area contributed by atoms with Crippen LogP contribution in [0.25, 0.3) is 11.4 Å². The van der Waals surface area contributed by atoms with E-state index in [4.69, 9.17) is 5.84 Å². The van der Waals surface area contributed by atoms with Crippen molar-refractivity contribution in [1.82, 2.24) is 25.1 Å². The summed E-state index contributed by atoms with van der Waals surface area (Å²) >= 11 is 1.09. The summed E-state index contributed by atoms with van der Waals surface area (Å²) in [5, 5.41) is 10.2. The predicted molar refractivity (Wildman–Crippen MR) is 86.0 cm³/mol. The number of urea groups is 1. The standard InChI is InChI=1S/C14H15FN6O2S/c1-8(12(22)20-6-5-17-13(20)23)24-14-19-18-11(21(14)16)9-3-2-4-10(15)7-9/h2-4,7-8H,5-6,16H2,1H3,(H,17,23)/t8-/m0/s1. The Morgan fingerprint density at radius 1 is 1.46 bits per heavy atom. The van der Waals surface area contributed by atoms with Gasteiger partial charge in [0.05, 0.1) is 5.25 Å². The topological polar surface area (TPSA) is 106 Å². The molecule has 1 saturated heterocycles. The van der Waals surface area contributed by atoms with Gasteiger partial charge in [0.15, 0.2) is 5.82 Å². The lowest BCUT2D eigenvalue weighted by molar-refractivity contribution is -0.126. The summed E-state index contributed by atoms with van der Waals surface area (Å²) in [6.07, 6.45) is 0. The average Bonchev–Trinajstić information content (AvgIpc) is 3.13. The van der Waals surface area contributed by atoms with Crippen LogP contribution in [0.4, 0.5) is 9.18 Å². The van der Waals surface area contributed by atoms with Gasteiger partial charge in [0.1, 0.15) is 5.82 Å². The molecule has 3 rings (SSSR count). The van der Waals surface area contributed by atoms with Crippen LogP contribution in [0.1, 0.15) is 6.92 Å². The molecular formula is C14H15FN6O2S. The van der Waals surface area contributed by atoms with Crippen molar-refractivity contribution in [2.75, 3.05) is 18.9 Å². The van der Waals surface area contributed by atoms with Crippen molar-refractivity contribution in [2.45, 2.75) is 17.3 Å². The van der Waals surface area contributed by atoms with Crippen molar-refractivity contribution in [3.8, 4) is 11.4 Å². The van der Waals surface area contributed by atoms with Crippen molar-refractivity contribution >= 4 is 23.7 Å². The largest absolute Gasteiger partial charge is 0.336 e. The van der Waals surface area contributed by atoms with Crippen molar-refractivity contribution < 1.29 is 14.0 Å². The van der Waals surface area contributed by atoms with Crippen molar-refractivity contribution in [3.05, 3.63) is 30.1 Å². The third-order valence-corrected chi connectivity index (χ3v) is 4.54. The fourth-order valence-electron chi connectivity index (χ4n) is 2.29. The monoisotopic (exact) mass is 350 g/mol. The average molecular weight is 350 g/mol. The number of carbonyl (C=O) groups is 2. The second-order valence-corrected chi connectivity index (χ2v) is 6.48. The Bertz CT molecular complexity index is 795. The summed E-state index contributed by atoms with van der Waals surface area (Å²) in [4.78, 5) is 25.0. The SMILES string of the molecule is C[C@H](Sc1nnc(-c2cccc(F)c2)n1N)C(=O)N1CCNC1=O. The Hall–Kier alpha value is -2.62. The molecule has 0 radical (unpaired) electrons. The molecule has 1 aromatic heterocycles. The van der Waals surface area contributed by atoms with Gasteiger partial charge in [-0.1, -0.05) is 23.9 Å². The van der Waals surface area contributed by atoms with Gasteiger partial charge in [-0.15, -0.1) is 10.2 Å². The number of aromatic nitrogens is 3.